The van der Waals surface area contributed by atoms with Crippen molar-refractivity contribution in [3.05, 3.63) is 47.8 Å². The minimum Gasteiger partial charge on any atom is -0.491 e. The van der Waals surface area contributed by atoms with E-state index < -0.39 is 0 Å². The van der Waals surface area contributed by atoms with Crippen LogP contribution in [0.2, 0.25) is 0 Å². The summed E-state index contributed by atoms with van der Waals surface area (Å²) in [6, 6.07) is 8.09. The van der Waals surface area contributed by atoms with Crippen molar-refractivity contribution < 1.29 is 14.3 Å². The Morgan fingerprint density at radius 3 is 2.78 bits per heavy atom. The van der Waals surface area contributed by atoms with Gasteiger partial charge in [-0.25, -0.2) is 4.79 Å². The van der Waals surface area contributed by atoms with Gasteiger partial charge in [0, 0.05) is 36.3 Å². The number of benzene rings is 1. The quantitative estimate of drug-likeness (QED) is 0.487. The lowest BCUT2D eigenvalue weighted by molar-refractivity contribution is -0.137. The van der Waals surface area contributed by atoms with Crippen LogP contribution in [-0.4, -0.2) is 33.0 Å². The molecule has 0 fully saturated rings. The molecule has 3 rings (SSSR count). The zero-order chi connectivity index (χ0) is 19.6. The molecule has 3 aromatic rings. The average molecular weight is 367 g/mol. The number of aryl methyl sites for hydroxylation is 2. The van der Waals surface area contributed by atoms with Gasteiger partial charge in [-0.15, -0.1) is 0 Å². The lowest BCUT2D eigenvalue weighted by Gasteiger charge is -2.12. The molecule has 0 atom stereocenters. The molecule has 0 aliphatic rings. The van der Waals surface area contributed by atoms with E-state index >= 15 is 0 Å². The summed E-state index contributed by atoms with van der Waals surface area (Å²) in [7, 11) is 1.89. The molecule has 0 aliphatic carbocycles. The first-order valence-corrected chi connectivity index (χ1v) is 9.07. The van der Waals surface area contributed by atoms with E-state index in [1.54, 1.807) is 13.0 Å². The molecule has 1 aromatic carbocycles. The van der Waals surface area contributed by atoms with Crippen LogP contribution in [0.5, 0.6) is 5.75 Å². The van der Waals surface area contributed by atoms with Gasteiger partial charge in [0.15, 0.2) is 0 Å². The number of esters is 1. The molecule has 0 saturated carbocycles. The number of ether oxygens (including phenoxy) is 2. The fourth-order valence-corrected chi connectivity index (χ4v) is 3.12. The van der Waals surface area contributed by atoms with E-state index in [9.17, 15) is 4.79 Å². The van der Waals surface area contributed by atoms with Crippen molar-refractivity contribution in [3.8, 4) is 11.6 Å². The van der Waals surface area contributed by atoms with Gasteiger partial charge in [-0.1, -0.05) is 0 Å². The van der Waals surface area contributed by atoms with Crippen LogP contribution in [0.25, 0.3) is 22.8 Å². The Kier molecular flexibility index (Phi) is 5.35. The topological polar surface area (TPSA) is 58.3 Å². The minimum absolute atomic E-state index is 0.105. The van der Waals surface area contributed by atoms with E-state index in [2.05, 4.69) is 15.7 Å². The fourth-order valence-electron chi connectivity index (χ4n) is 3.12. The highest BCUT2D eigenvalue weighted by atomic mass is 16.5. The van der Waals surface area contributed by atoms with Gasteiger partial charge in [0.05, 0.1) is 23.9 Å². The molecule has 0 N–H and O–H groups in total. The lowest BCUT2D eigenvalue weighted by Crippen LogP contribution is -2.06. The van der Waals surface area contributed by atoms with Gasteiger partial charge in [-0.2, -0.15) is 5.10 Å². The van der Waals surface area contributed by atoms with E-state index in [0.717, 1.165) is 33.7 Å². The van der Waals surface area contributed by atoms with Crippen molar-refractivity contribution in [2.75, 3.05) is 6.61 Å². The zero-order valence-electron chi connectivity index (χ0n) is 16.4. The van der Waals surface area contributed by atoms with Gasteiger partial charge >= 0.3 is 5.97 Å². The summed E-state index contributed by atoms with van der Waals surface area (Å²) in [6.45, 7) is 8.07. The Balaban J connectivity index is 2.09. The van der Waals surface area contributed by atoms with Gasteiger partial charge in [-0.05, 0) is 52.0 Å². The maximum atomic E-state index is 11.7. The van der Waals surface area contributed by atoms with Gasteiger partial charge in [0.1, 0.15) is 11.6 Å². The highest BCUT2D eigenvalue weighted by molar-refractivity contribution is 5.89. The average Bonchev–Trinajstić information content (AvgIpc) is 3.12. The first-order valence-electron chi connectivity index (χ1n) is 9.07. The van der Waals surface area contributed by atoms with Gasteiger partial charge in [-0.3, -0.25) is 4.68 Å². The molecule has 0 amide bonds. The maximum Gasteiger partial charge on any atom is 0.330 e. The summed E-state index contributed by atoms with van der Waals surface area (Å²) in [4.78, 5) is 11.7. The predicted octanol–water partition coefficient (Wildman–Crippen LogP) is 4.04. The second-order valence-corrected chi connectivity index (χ2v) is 6.60. The monoisotopic (exact) mass is 367 g/mol. The molecule has 0 unspecified atom stereocenters. The first-order chi connectivity index (χ1) is 12.9. The van der Waals surface area contributed by atoms with E-state index in [4.69, 9.17) is 9.47 Å². The van der Waals surface area contributed by atoms with Crippen LogP contribution in [0.3, 0.4) is 0 Å². The Bertz CT molecular complexity index is 996. The summed E-state index contributed by atoms with van der Waals surface area (Å²) in [5.41, 5.74) is 2.73. The van der Waals surface area contributed by atoms with Crippen molar-refractivity contribution >= 4 is 22.9 Å². The molecule has 0 saturated heterocycles. The second kappa shape index (κ2) is 7.70. The number of hydrogen-bond donors (Lipinski definition) is 0. The standard InChI is InChI=1S/C21H25N3O3/c1-6-26-20(25)10-9-18-15(4)22-23(5)21(18)24-12-11-16-7-8-17(13-19(16)24)27-14(2)3/h7-14H,6H2,1-5H3/b10-9+. The highest BCUT2D eigenvalue weighted by Crippen LogP contribution is 2.28. The van der Waals surface area contributed by atoms with Crippen molar-refractivity contribution in [2.45, 2.75) is 33.8 Å². The van der Waals surface area contributed by atoms with Crippen LogP contribution < -0.4 is 4.74 Å². The third-order valence-electron chi connectivity index (χ3n) is 4.17. The number of nitrogens with zero attached hydrogens (tertiary/aromatic N) is 3. The van der Waals surface area contributed by atoms with Crippen LogP contribution in [-0.2, 0) is 16.6 Å². The van der Waals surface area contributed by atoms with E-state index in [1.807, 2.05) is 56.9 Å². The summed E-state index contributed by atoms with van der Waals surface area (Å²) >= 11 is 0. The Hall–Kier alpha value is -3.02. The molecule has 2 aromatic heterocycles. The van der Waals surface area contributed by atoms with Crippen molar-refractivity contribution in [1.82, 2.24) is 14.3 Å². The molecular weight excluding hydrogens is 342 g/mol. The SMILES string of the molecule is CCOC(=O)/C=C/c1c(C)nn(C)c1-n1ccc2ccc(OC(C)C)cc21. The number of carbonyl (C=O) groups excluding carboxylic acids is 1. The minimum atomic E-state index is -0.364. The zero-order valence-corrected chi connectivity index (χ0v) is 16.4. The Labute approximate surface area is 159 Å². The number of hydrogen-bond acceptors (Lipinski definition) is 4. The number of rotatable bonds is 6. The molecule has 6 heteroatoms. The fraction of sp³-hybridized carbons (Fsp3) is 0.333. The summed E-state index contributed by atoms with van der Waals surface area (Å²) < 4.78 is 14.7. The maximum absolute atomic E-state index is 11.7. The third kappa shape index (κ3) is 3.89. The van der Waals surface area contributed by atoms with Crippen LogP contribution in [0.15, 0.2) is 36.5 Å². The molecule has 27 heavy (non-hydrogen) atoms. The van der Waals surface area contributed by atoms with Crippen molar-refractivity contribution in [3.63, 3.8) is 0 Å². The Morgan fingerprint density at radius 1 is 1.30 bits per heavy atom. The number of aromatic nitrogens is 3. The molecule has 2 heterocycles. The Morgan fingerprint density at radius 2 is 2.07 bits per heavy atom. The van der Waals surface area contributed by atoms with Gasteiger partial charge < -0.3 is 14.0 Å². The van der Waals surface area contributed by atoms with Gasteiger partial charge in [0.2, 0.25) is 0 Å². The van der Waals surface area contributed by atoms with Crippen LogP contribution in [0.1, 0.15) is 32.0 Å². The number of carbonyl (C=O) groups is 1. The summed E-state index contributed by atoms with van der Waals surface area (Å²) in [6.07, 6.45) is 5.31. The van der Waals surface area contributed by atoms with Crippen molar-refractivity contribution in [1.29, 1.82) is 0 Å². The molecule has 0 aliphatic heterocycles. The van der Waals surface area contributed by atoms with E-state index in [1.165, 1.54) is 6.08 Å². The van der Waals surface area contributed by atoms with Crippen LogP contribution in [0.4, 0.5) is 0 Å². The molecule has 0 spiro atoms. The molecular formula is C21H25N3O3. The second-order valence-electron chi connectivity index (χ2n) is 6.60. The first kappa shape index (κ1) is 18.8. The molecule has 0 radical (unpaired) electrons. The van der Waals surface area contributed by atoms with Crippen LogP contribution >= 0.6 is 0 Å². The number of fused-ring (bicyclic) bond motifs is 1. The normalized spacial score (nSPS) is 11.6. The van der Waals surface area contributed by atoms with E-state index in [-0.39, 0.29) is 12.1 Å². The summed E-state index contributed by atoms with van der Waals surface area (Å²) in [5, 5.41) is 5.63. The van der Waals surface area contributed by atoms with Crippen molar-refractivity contribution in [2.24, 2.45) is 7.05 Å². The molecule has 142 valence electrons. The highest BCUT2D eigenvalue weighted by Gasteiger charge is 2.16. The van der Waals surface area contributed by atoms with E-state index in [0.29, 0.717) is 6.61 Å². The molecule has 0 bridgehead atoms. The van der Waals surface area contributed by atoms with Crippen LogP contribution in [0, 0.1) is 6.92 Å². The third-order valence-corrected chi connectivity index (χ3v) is 4.17. The summed E-state index contributed by atoms with van der Waals surface area (Å²) in [5.74, 6) is 1.33. The lowest BCUT2D eigenvalue weighted by atomic mass is 10.2. The largest absolute Gasteiger partial charge is 0.491 e. The molecule has 6 nitrogen and oxygen atoms in total. The van der Waals surface area contributed by atoms with Gasteiger partial charge in [0.25, 0.3) is 0 Å². The predicted molar refractivity (Wildman–Crippen MR) is 106 cm³/mol. The smallest absolute Gasteiger partial charge is 0.330 e.